The second-order valence-electron chi connectivity index (χ2n) is 4.54. The molecule has 0 amide bonds. The molecule has 1 N–H and O–H groups in total. The van der Waals surface area contributed by atoms with Gasteiger partial charge in [-0.3, -0.25) is 4.79 Å². The maximum Gasteiger partial charge on any atom is 0.419 e. The summed E-state index contributed by atoms with van der Waals surface area (Å²) in [6, 6.07) is 1.68. The number of anilines is 1. The van der Waals surface area contributed by atoms with Crippen LogP contribution in [0.2, 0.25) is 0 Å². The number of halogens is 3. The number of carboxylic acids is 1. The van der Waals surface area contributed by atoms with Gasteiger partial charge in [0.2, 0.25) is 0 Å². The van der Waals surface area contributed by atoms with Crippen molar-refractivity contribution in [1.29, 1.82) is 0 Å². The Balaban J connectivity index is 2.36. The molecule has 1 fully saturated rings. The third-order valence-corrected chi connectivity index (χ3v) is 3.44. The fourth-order valence-electron chi connectivity index (χ4n) is 2.42. The van der Waals surface area contributed by atoms with Gasteiger partial charge in [-0.1, -0.05) is 0 Å². The molecule has 1 aliphatic heterocycles. The molecular formula is C12H13F3N2O2. The van der Waals surface area contributed by atoms with Crippen molar-refractivity contribution in [1.82, 2.24) is 4.98 Å². The van der Waals surface area contributed by atoms with Crippen molar-refractivity contribution in [3.8, 4) is 0 Å². The number of nitrogens with zero attached hydrogens (tertiary/aromatic N) is 2. The van der Waals surface area contributed by atoms with Crippen molar-refractivity contribution < 1.29 is 23.1 Å². The first-order valence-electron chi connectivity index (χ1n) is 5.84. The molecule has 1 aliphatic rings. The van der Waals surface area contributed by atoms with E-state index < -0.39 is 29.7 Å². The summed E-state index contributed by atoms with van der Waals surface area (Å²) in [5.41, 5.74) is -0.826. The van der Waals surface area contributed by atoms with E-state index in [0.717, 1.165) is 6.07 Å². The quantitative estimate of drug-likeness (QED) is 0.899. The average Bonchev–Trinajstić information content (AvgIpc) is 2.70. The van der Waals surface area contributed by atoms with E-state index in [0.29, 0.717) is 6.42 Å². The normalized spacial score (nSPS) is 23.7. The van der Waals surface area contributed by atoms with E-state index in [-0.39, 0.29) is 12.4 Å². The molecule has 19 heavy (non-hydrogen) atoms. The van der Waals surface area contributed by atoms with Crippen molar-refractivity contribution in [2.75, 3.05) is 11.4 Å². The number of hydrogen-bond donors (Lipinski definition) is 1. The number of rotatable bonds is 2. The molecule has 1 aromatic rings. The van der Waals surface area contributed by atoms with Gasteiger partial charge in [-0.05, 0) is 25.5 Å². The zero-order valence-corrected chi connectivity index (χ0v) is 10.2. The first-order valence-corrected chi connectivity index (χ1v) is 5.84. The fraction of sp³-hybridized carbons (Fsp3) is 0.500. The monoisotopic (exact) mass is 274 g/mol. The Morgan fingerprint density at radius 1 is 1.53 bits per heavy atom. The molecule has 4 nitrogen and oxygen atoms in total. The summed E-state index contributed by atoms with van der Waals surface area (Å²) in [5.74, 6) is -1.84. The van der Waals surface area contributed by atoms with Crippen LogP contribution in [0.25, 0.3) is 0 Å². The lowest BCUT2D eigenvalue weighted by molar-refractivity contribution is -0.141. The van der Waals surface area contributed by atoms with Crippen LogP contribution < -0.4 is 4.90 Å². The van der Waals surface area contributed by atoms with Gasteiger partial charge in [0, 0.05) is 18.8 Å². The molecule has 2 heterocycles. The van der Waals surface area contributed by atoms with Crippen LogP contribution >= 0.6 is 0 Å². The van der Waals surface area contributed by atoms with Crippen LogP contribution in [0, 0.1) is 5.92 Å². The van der Waals surface area contributed by atoms with Gasteiger partial charge in [-0.25, -0.2) is 4.98 Å². The van der Waals surface area contributed by atoms with Crippen LogP contribution in [-0.4, -0.2) is 28.6 Å². The highest BCUT2D eigenvalue weighted by Gasteiger charge is 2.41. The summed E-state index contributed by atoms with van der Waals surface area (Å²) in [5, 5.41) is 9.01. The van der Waals surface area contributed by atoms with E-state index in [9.17, 15) is 18.0 Å². The first kappa shape index (κ1) is 13.6. The van der Waals surface area contributed by atoms with E-state index in [1.54, 1.807) is 6.92 Å². The van der Waals surface area contributed by atoms with Crippen LogP contribution in [0.15, 0.2) is 18.3 Å². The molecule has 2 rings (SSSR count). The average molecular weight is 274 g/mol. The zero-order chi connectivity index (χ0) is 14.2. The summed E-state index contributed by atoms with van der Waals surface area (Å²) in [7, 11) is 0. The molecule has 1 saturated heterocycles. The number of carboxylic acid groups (broad SMARTS) is 1. The van der Waals surface area contributed by atoms with Crippen molar-refractivity contribution in [2.24, 2.45) is 5.92 Å². The molecule has 2 unspecified atom stereocenters. The Bertz CT molecular complexity index is 490. The highest BCUT2D eigenvalue weighted by molar-refractivity contribution is 5.73. The van der Waals surface area contributed by atoms with Crippen LogP contribution in [0.4, 0.5) is 19.0 Å². The molecule has 1 aromatic heterocycles. The minimum Gasteiger partial charge on any atom is -0.481 e. The molecular weight excluding hydrogens is 261 g/mol. The highest BCUT2D eigenvalue weighted by Crippen LogP contribution is 2.38. The predicted molar refractivity (Wildman–Crippen MR) is 61.8 cm³/mol. The maximum absolute atomic E-state index is 12.9. The molecule has 0 radical (unpaired) electrons. The van der Waals surface area contributed by atoms with E-state index in [4.69, 9.17) is 5.11 Å². The van der Waals surface area contributed by atoms with Crippen LogP contribution in [-0.2, 0) is 11.0 Å². The number of alkyl halides is 3. The van der Waals surface area contributed by atoms with Gasteiger partial charge in [0.1, 0.15) is 5.82 Å². The molecule has 0 aromatic carbocycles. The maximum atomic E-state index is 12.9. The lowest BCUT2D eigenvalue weighted by Crippen LogP contribution is -2.34. The Labute approximate surface area is 107 Å². The van der Waals surface area contributed by atoms with Crippen molar-refractivity contribution in [2.45, 2.75) is 25.6 Å². The second-order valence-corrected chi connectivity index (χ2v) is 4.54. The number of carbonyl (C=O) groups is 1. The number of hydrogen-bond acceptors (Lipinski definition) is 3. The molecule has 2 atom stereocenters. The number of aromatic nitrogens is 1. The fourth-order valence-corrected chi connectivity index (χ4v) is 2.42. The SMILES string of the molecule is CC1C(C(=O)O)CCN1c1ncccc1C(F)(F)F. The smallest absolute Gasteiger partial charge is 0.419 e. The summed E-state index contributed by atoms with van der Waals surface area (Å²) >= 11 is 0. The van der Waals surface area contributed by atoms with Crippen LogP contribution in [0.1, 0.15) is 18.9 Å². The Hall–Kier alpha value is -1.79. The van der Waals surface area contributed by atoms with E-state index in [2.05, 4.69) is 4.98 Å². The lowest BCUT2D eigenvalue weighted by Gasteiger charge is -2.26. The molecule has 0 spiro atoms. The van der Waals surface area contributed by atoms with Crippen LogP contribution in [0.5, 0.6) is 0 Å². The third-order valence-electron chi connectivity index (χ3n) is 3.44. The van der Waals surface area contributed by atoms with E-state index in [1.165, 1.54) is 17.2 Å². The van der Waals surface area contributed by atoms with Gasteiger partial charge in [0.05, 0.1) is 11.5 Å². The van der Waals surface area contributed by atoms with Crippen molar-refractivity contribution >= 4 is 11.8 Å². The molecule has 7 heteroatoms. The van der Waals surface area contributed by atoms with Gasteiger partial charge in [-0.15, -0.1) is 0 Å². The van der Waals surface area contributed by atoms with Gasteiger partial charge in [-0.2, -0.15) is 13.2 Å². The highest BCUT2D eigenvalue weighted by atomic mass is 19.4. The Kier molecular flexibility index (Phi) is 3.38. The number of pyridine rings is 1. The van der Waals surface area contributed by atoms with Crippen LogP contribution in [0.3, 0.4) is 0 Å². The standard InChI is InChI=1S/C12H13F3N2O2/c1-7-8(11(18)19)4-6-17(7)10-9(12(13,14)15)3-2-5-16-10/h2-3,5,7-8H,4,6H2,1H3,(H,18,19). The minimum absolute atomic E-state index is 0.189. The summed E-state index contributed by atoms with van der Waals surface area (Å²) in [6.07, 6.45) is -2.89. The van der Waals surface area contributed by atoms with Gasteiger partial charge in [0.15, 0.2) is 0 Å². The summed E-state index contributed by atoms with van der Waals surface area (Å²) in [4.78, 5) is 16.2. The summed E-state index contributed by atoms with van der Waals surface area (Å²) < 4.78 is 38.7. The lowest BCUT2D eigenvalue weighted by atomic mass is 10.0. The number of aliphatic carboxylic acids is 1. The van der Waals surface area contributed by atoms with Gasteiger partial charge < -0.3 is 10.0 Å². The Morgan fingerprint density at radius 3 is 2.74 bits per heavy atom. The largest absolute Gasteiger partial charge is 0.481 e. The predicted octanol–water partition coefficient (Wildman–Crippen LogP) is 2.40. The van der Waals surface area contributed by atoms with Crippen molar-refractivity contribution in [3.05, 3.63) is 23.9 Å². The van der Waals surface area contributed by atoms with Gasteiger partial charge >= 0.3 is 12.1 Å². The molecule has 104 valence electrons. The topological polar surface area (TPSA) is 53.4 Å². The first-order chi connectivity index (χ1) is 8.82. The second kappa shape index (κ2) is 4.71. The zero-order valence-electron chi connectivity index (χ0n) is 10.2. The van der Waals surface area contributed by atoms with E-state index in [1.807, 2.05) is 0 Å². The Morgan fingerprint density at radius 2 is 2.21 bits per heavy atom. The van der Waals surface area contributed by atoms with Crippen molar-refractivity contribution in [3.63, 3.8) is 0 Å². The summed E-state index contributed by atoms with van der Waals surface area (Å²) in [6.45, 7) is 1.87. The minimum atomic E-state index is -4.50. The van der Waals surface area contributed by atoms with Gasteiger partial charge in [0.25, 0.3) is 0 Å². The molecule has 0 aliphatic carbocycles. The third kappa shape index (κ3) is 2.50. The molecule has 0 saturated carbocycles. The van der Waals surface area contributed by atoms with E-state index >= 15 is 0 Å². The molecule has 0 bridgehead atoms.